The lowest BCUT2D eigenvalue weighted by molar-refractivity contribution is 0.211. The third-order valence-electron chi connectivity index (χ3n) is 4.41. The summed E-state index contributed by atoms with van der Waals surface area (Å²) in [6, 6.07) is 7.31. The Morgan fingerprint density at radius 1 is 1.16 bits per heavy atom. The molecule has 0 aliphatic carbocycles. The Morgan fingerprint density at radius 3 is 2.64 bits per heavy atom. The highest BCUT2D eigenvalue weighted by Crippen LogP contribution is 2.21. The Balaban J connectivity index is 1.50. The molecule has 1 aliphatic heterocycles. The molecule has 0 amide bonds. The summed E-state index contributed by atoms with van der Waals surface area (Å²) in [6.45, 7) is 2.65. The van der Waals surface area contributed by atoms with Gasteiger partial charge in [0.25, 0.3) is 0 Å². The highest BCUT2D eigenvalue weighted by Gasteiger charge is 2.20. The second-order valence-electron chi connectivity index (χ2n) is 6.11. The first-order valence-electron chi connectivity index (χ1n) is 8.35. The van der Waals surface area contributed by atoms with Gasteiger partial charge >= 0.3 is 0 Å². The Kier molecular flexibility index (Phi) is 5.65. The van der Waals surface area contributed by atoms with Crippen LogP contribution in [0.4, 0.5) is 10.2 Å². The number of benzene rings is 1. The van der Waals surface area contributed by atoms with Gasteiger partial charge in [-0.3, -0.25) is 4.90 Å². The van der Waals surface area contributed by atoms with Crippen molar-refractivity contribution < 1.29 is 13.9 Å². The molecule has 2 heterocycles. The van der Waals surface area contributed by atoms with E-state index in [9.17, 15) is 4.39 Å². The zero-order chi connectivity index (χ0) is 17.6. The maximum absolute atomic E-state index is 13.8. The van der Waals surface area contributed by atoms with Gasteiger partial charge in [-0.2, -0.15) is 0 Å². The molecular formula is C18H23FN4O2. The summed E-state index contributed by atoms with van der Waals surface area (Å²) in [7, 11) is 3.07. The van der Waals surface area contributed by atoms with Crippen molar-refractivity contribution in [3.8, 4) is 11.6 Å². The molecule has 25 heavy (non-hydrogen) atoms. The summed E-state index contributed by atoms with van der Waals surface area (Å²) in [5, 5.41) is 3.43. The van der Waals surface area contributed by atoms with E-state index in [4.69, 9.17) is 9.47 Å². The molecule has 1 aromatic carbocycles. The van der Waals surface area contributed by atoms with Gasteiger partial charge in [-0.1, -0.05) is 6.07 Å². The van der Waals surface area contributed by atoms with E-state index in [1.54, 1.807) is 25.3 Å². The minimum Gasteiger partial charge on any atom is -0.494 e. The van der Waals surface area contributed by atoms with Gasteiger partial charge in [0, 0.05) is 31.7 Å². The SMILES string of the molecule is COc1cc(NC2CCN(Cc3ccc(OC)c(F)c3)CC2)ncn1. The summed E-state index contributed by atoms with van der Waals surface area (Å²) in [5.41, 5.74) is 0.963. The average Bonchev–Trinajstić information content (AvgIpc) is 2.64. The molecule has 6 nitrogen and oxygen atoms in total. The third-order valence-corrected chi connectivity index (χ3v) is 4.41. The summed E-state index contributed by atoms with van der Waals surface area (Å²) in [6.07, 6.45) is 3.50. The molecule has 0 radical (unpaired) electrons. The lowest BCUT2D eigenvalue weighted by Gasteiger charge is -2.32. The van der Waals surface area contributed by atoms with E-state index in [0.29, 0.717) is 11.9 Å². The molecule has 1 fully saturated rings. The molecular weight excluding hydrogens is 323 g/mol. The number of nitrogens with one attached hydrogen (secondary N) is 1. The van der Waals surface area contributed by atoms with Gasteiger partial charge in [-0.05, 0) is 30.5 Å². The smallest absolute Gasteiger partial charge is 0.218 e. The van der Waals surface area contributed by atoms with Gasteiger partial charge < -0.3 is 14.8 Å². The van der Waals surface area contributed by atoms with E-state index in [-0.39, 0.29) is 11.6 Å². The Hall–Kier alpha value is -2.41. The number of rotatable bonds is 6. The van der Waals surface area contributed by atoms with Crippen molar-refractivity contribution in [1.29, 1.82) is 0 Å². The summed E-state index contributed by atoms with van der Waals surface area (Å²) in [5.74, 6) is 1.31. The molecule has 2 aromatic rings. The van der Waals surface area contributed by atoms with Crippen molar-refractivity contribution in [2.45, 2.75) is 25.4 Å². The molecule has 1 aliphatic rings. The average molecular weight is 346 g/mol. The lowest BCUT2D eigenvalue weighted by atomic mass is 10.0. The molecule has 7 heteroatoms. The number of hydrogen-bond acceptors (Lipinski definition) is 6. The molecule has 1 N–H and O–H groups in total. The number of methoxy groups -OCH3 is 2. The van der Waals surface area contributed by atoms with Crippen molar-refractivity contribution >= 4 is 5.82 Å². The van der Waals surface area contributed by atoms with Gasteiger partial charge in [0.05, 0.1) is 14.2 Å². The zero-order valence-corrected chi connectivity index (χ0v) is 14.5. The number of anilines is 1. The fourth-order valence-electron chi connectivity index (χ4n) is 3.04. The molecule has 1 saturated heterocycles. The number of piperidine rings is 1. The maximum atomic E-state index is 13.8. The van der Waals surface area contributed by atoms with Crippen LogP contribution in [0, 0.1) is 5.82 Å². The Morgan fingerprint density at radius 2 is 1.96 bits per heavy atom. The molecule has 0 atom stereocenters. The zero-order valence-electron chi connectivity index (χ0n) is 14.5. The van der Waals surface area contributed by atoms with E-state index < -0.39 is 0 Å². The van der Waals surface area contributed by atoms with Crippen LogP contribution in [0.15, 0.2) is 30.6 Å². The van der Waals surface area contributed by atoms with Gasteiger partial charge in [-0.25, -0.2) is 14.4 Å². The van der Waals surface area contributed by atoms with Crippen LogP contribution in [0.2, 0.25) is 0 Å². The van der Waals surface area contributed by atoms with Crippen LogP contribution in [-0.4, -0.2) is 48.2 Å². The van der Waals surface area contributed by atoms with Crippen LogP contribution in [0.25, 0.3) is 0 Å². The van der Waals surface area contributed by atoms with E-state index in [1.807, 2.05) is 6.07 Å². The van der Waals surface area contributed by atoms with Crippen molar-refractivity contribution in [3.05, 3.63) is 42.0 Å². The minimum atomic E-state index is -0.311. The minimum absolute atomic E-state index is 0.284. The molecule has 0 unspecified atom stereocenters. The Labute approximate surface area is 147 Å². The van der Waals surface area contributed by atoms with Crippen LogP contribution in [0.5, 0.6) is 11.6 Å². The molecule has 134 valence electrons. The first kappa shape index (κ1) is 17.4. The predicted molar refractivity (Wildman–Crippen MR) is 93.5 cm³/mol. The molecule has 0 bridgehead atoms. The molecule has 0 saturated carbocycles. The van der Waals surface area contributed by atoms with Gasteiger partial charge in [0.1, 0.15) is 12.1 Å². The lowest BCUT2D eigenvalue weighted by Crippen LogP contribution is -2.38. The predicted octanol–water partition coefficient (Wildman–Crippen LogP) is 2.71. The van der Waals surface area contributed by atoms with E-state index in [2.05, 4.69) is 20.2 Å². The number of ether oxygens (including phenoxy) is 2. The van der Waals surface area contributed by atoms with Crippen LogP contribution in [-0.2, 0) is 6.54 Å². The number of halogens is 1. The standard InChI is InChI=1S/C18H23FN4O2/c1-24-16-4-3-13(9-15(16)19)11-23-7-5-14(6-8-23)22-17-10-18(25-2)21-12-20-17/h3-4,9-10,12,14H,5-8,11H2,1-2H3,(H,20,21,22). The molecule has 0 spiro atoms. The molecule has 3 rings (SSSR count). The fourth-order valence-corrected chi connectivity index (χ4v) is 3.04. The fraction of sp³-hybridized carbons (Fsp3) is 0.444. The maximum Gasteiger partial charge on any atom is 0.218 e. The van der Waals surface area contributed by atoms with Gasteiger partial charge in [0.2, 0.25) is 5.88 Å². The summed E-state index contributed by atoms with van der Waals surface area (Å²) >= 11 is 0. The quantitative estimate of drug-likeness (QED) is 0.868. The number of nitrogens with zero attached hydrogens (tertiary/aromatic N) is 3. The van der Waals surface area contributed by atoms with Gasteiger partial charge in [0.15, 0.2) is 11.6 Å². The number of hydrogen-bond donors (Lipinski definition) is 1. The molecule has 1 aromatic heterocycles. The largest absolute Gasteiger partial charge is 0.494 e. The second-order valence-corrected chi connectivity index (χ2v) is 6.11. The van der Waals surface area contributed by atoms with Crippen LogP contribution < -0.4 is 14.8 Å². The number of likely N-dealkylation sites (tertiary alicyclic amines) is 1. The first-order chi connectivity index (χ1) is 12.2. The van der Waals surface area contributed by atoms with E-state index in [0.717, 1.165) is 43.9 Å². The van der Waals surface area contributed by atoms with E-state index in [1.165, 1.54) is 13.4 Å². The summed E-state index contributed by atoms with van der Waals surface area (Å²) in [4.78, 5) is 10.6. The van der Waals surface area contributed by atoms with Crippen LogP contribution in [0.1, 0.15) is 18.4 Å². The Bertz CT molecular complexity index is 705. The third kappa shape index (κ3) is 4.57. The van der Waals surface area contributed by atoms with Crippen molar-refractivity contribution in [1.82, 2.24) is 14.9 Å². The normalized spacial score (nSPS) is 15.8. The topological polar surface area (TPSA) is 59.5 Å². The van der Waals surface area contributed by atoms with Crippen molar-refractivity contribution in [3.63, 3.8) is 0 Å². The summed E-state index contributed by atoms with van der Waals surface area (Å²) < 4.78 is 23.9. The van der Waals surface area contributed by atoms with E-state index >= 15 is 0 Å². The van der Waals surface area contributed by atoms with Crippen molar-refractivity contribution in [2.24, 2.45) is 0 Å². The first-order valence-corrected chi connectivity index (χ1v) is 8.35. The van der Waals surface area contributed by atoms with Gasteiger partial charge in [-0.15, -0.1) is 0 Å². The van der Waals surface area contributed by atoms with Crippen LogP contribution in [0.3, 0.4) is 0 Å². The monoisotopic (exact) mass is 346 g/mol. The van der Waals surface area contributed by atoms with Crippen LogP contribution >= 0.6 is 0 Å². The van der Waals surface area contributed by atoms with Crippen molar-refractivity contribution in [2.75, 3.05) is 32.6 Å². The highest BCUT2D eigenvalue weighted by atomic mass is 19.1. The highest BCUT2D eigenvalue weighted by molar-refractivity contribution is 5.38. The number of aromatic nitrogens is 2. The second kappa shape index (κ2) is 8.11.